The molecule has 0 aromatic carbocycles. The Hall–Kier alpha value is -0.890. The van der Waals surface area contributed by atoms with Gasteiger partial charge in [-0.25, -0.2) is 0 Å². The average Bonchev–Trinajstić information content (AvgIpc) is 2.60. The highest BCUT2D eigenvalue weighted by molar-refractivity contribution is 5.30. The smallest absolute Gasteiger partial charge is 0.0444 e. The lowest BCUT2D eigenvalue weighted by molar-refractivity contribution is 0.131. The number of piperidine rings is 1. The van der Waals surface area contributed by atoms with E-state index in [9.17, 15) is 0 Å². The Bertz CT molecular complexity index is 403. The topological polar surface area (TPSA) is 16.1 Å². The highest BCUT2D eigenvalue weighted by Gasteiger charge is 2.39. The minimum Gasteiger partial charge on any atom is -0.306 e. The van der Waals surface area contributed by atoms with Crippen LogP contribution >= 0.6 is 0 Å². The van der Waals surface area contributed by atoms with E-state index >= 15 is 0 Å². The van der Waals surface area contributed by atoms with Crippen LogP contribution in [0, 0.1) is 12.3 Å². The van der Waals surface area contributed by atoms with Gasteiger partial charge in [0, 0.05) is 11.4 Å². The number of nitrogens with zero attached hydrogens (tertiary/aromatic N) is 2. The molecule has 0 unspecified atom stereocenters. The van der Waals surface area contributed by atoms with Crippen molar-refractivity contribution in [1.82, 2.24) is 9.88 Å². The lowest BCUT2D eigenvalue weighted by Crippen LogP contribution is -2.38. The van der Waals surface area contributed by atoms with Crippen molar-refractivity contribution in [1.29, 1.82) is 0 Å². The fourth-order valence-electron chi connectivity index (χ4n) is 3.22. The maximum Gasteiger partial charge on any atom is 0.0444 e. The van der Waals surface area contributed by atoms with E-state index in [4.69, 9.17) is 4.98 Å². The van der Waals surface area contributed by atoms with Crippen molar-refractivity contribution in [3.63, 3.8) is 0 Å². The zero-order chi connectivity index (χ0) is 11.2. The monoisotopic (exact) mass is 216 g/mol. The highest BCUT2D eigenvalue weighted by Crippen LogP contribution is 2.43. The van der Waals surface area contributed by atoms with Crippen molar-refractivity contribution in [2.45, 2.75) is 32.6 Å². The summed E-state index contributed by atoms with van der Waals surface area (Å²) in [6.45, 7) is 4.61. The van der Waals surface area contributed by atoms with Gasteiger partial charge in [0.05, 0.1) is 0 Å². The summed E-state index contributed by atoms with van der Waals surface area (Å²) in [5.74, 6) is 0. The Morgan fingerprint density at radius 1 is 1.19 bits per heavy atom. The first-order chi connectivity index (χ1) is 7.67. The first kappa shape index (κ1) is 10.3. The third-order valence-corrected chi connectivity index (χ3v) is 4.36. The molecule has 2 heterocycles. The van der Waals surface area contributed by atoms with E-state index in [0.29, 0.717) is 5.41 Å². The van der Waals surface area contributed by atoms with Gasteiger partial charge < -0.3 is 4.90 Å². The molecule has 0 amide bonds. The van der Waals surface area contributed by atoms with Gasteiger partial charge in [-0.05, 0) is 69.8 Å². The van der Waals surface area contributed by atoms with Crippen molar-refractivity contribution >= 4 is 0 Å². The van der Waals surface area contributed by atoms with E-state index in [0.717, 1.165) is 0 Å². The predicted molar refractivity (Wildman–Crippen MR) is 65.5 cm³/mol. The molecule has 16 heavy (non-hydrogen) atoms. The first-order valence-electron chi connectivity index (χ1n) is 6.31. The van der Waals surface area contributed by atoms with Crippen LogP contribution in [0.4, 0.5) is 0 Å². The summed E-state index contributed by atoms with van der Waals surface area (Å²) in [5, 5.41) is 0. The van der Waals surface area contributed by atoms with Crippen molar-refractivity contribution in [2.75, 3.05) is 20.1 Å². The molecule has 1 spiro atoms. The van der Waals surface area contributed by atoms with Crippen LogP contribution in [0.2, 0.25) is 0 Å². The molecule has 0 radical (unpaired) electrons. The summed E-state index contributed by atoms with van der Waals surface area (Å²) >= 11 is 0. The van der Waals surface area contributed by atoms with Gasteiger partial charge in [-0.3, -0.25) is 4.98 Å². The molecule has 0 saturated carbocycles. The normalized spacial score (nSPS) is 23.6. The maximum absolute atomic E-state index is 4.71. The van der Waals surface area contributed by atoms with Crippen LogP contribution in [-0.4, -0.2) is 30.0 Å². The van der Waals surface area contributed by atoms with Gasteiger partial charge in [0.25, 0.3) is 0 Å². The maximum atomic E-state index is 4.71. The lowest BCUT2D eigenvalue weighted by atomic mass is 9.76. The van der Waals surface area contributed by atoms with Crippen LogP contribution in [0.15, 0.2) is 12.1 Å². The quantitative estimate of drug-likeness (QED) is 0.661. The second kappa shape index (κ2) is 3.56. The number of pyridine rings is 1. The average molecular weight is 216 g/mol. The Labute approximate surface area is 97.7 Å². The van der Waals surface area contributed by atoms with Gasteiger partial charge in [-0.2, -0.15) is 0 Å². The summed E-state index contributed by atoms with van der Waals surface area (Å²) in [4.78, 5) is 7.16. The standard InChI is InChI=1S/C14H20N2/c1-11-3-4-12-9-14(10-13(12)15-11)5-7-16(2)8-6-14/h3-4H,5-10H2,1-2H3. The third-order valence-electron chi connectivity index (χ3n) is 4.36. The van der Waals surface area contributed by atoms with Crippen molar-refractivity contribution in [3.05, 3.63) is 29.1 Å². The van der Waals surface area contributed by atoms with Gasteiger partial charge in [0.2, 0.25) is 0 Å². The molecule has 0 atom stereocenters. The zero-order valence-corrected chi connectivity index (χ0v) is 10.3. The van der Waals surface area contributed by atoms with Gasteiger partial charge in [-0.1, -0.05) is 6.07 Å². The zero-order valence-electron chi connectivity index (χ0n) is 10.3. The van der Waals surface area contributed by atoms with E-state index in [2.05, 4.69) is 31.0 Å². The summed E-state index contributed by atoms with van der Waals surface area (Å²) in [7, 11) is 2.23. The van der Waals surface area contributed by atoms with Crippen LogP contribution in [0.25, 0.3) is 0 Å². The van der Waals surface area contributed by atoms with Crippen LogP contribution < -0.4 is 0 Å². The SMILES string of the molecule is Cc1ccc2c(n1)CC1(CCN(C)CC1)C2. The molecule has 0 bridgehead atoms. The third kappa shape index (κ3) is 1.65. The number of aromatic nitrogens is 1. The fourth-order valence-corrected chi connectivity index (χ4v) is 3.22. The number of likely N-dealkylation sites (tertiary alicyclic amines) is 1. The molecule has 1 aliphatic heterocycles. The summed E-state index contributed by atoms with van der Waals surface area (Å²) in [6.07, 6.45) is 5.18. The molecular formula is C14H20N2. The van der Waals surface area contributed by atoms with Gasteiger partial charge in [0.15, 0.2) is 0 Å². The molecular weight excluding hydrogens is 196 g/mol. The number of aryl methyl sites for hydroxylation is 1. The predicted octanol–water partition coefficient (Wildman–Crippen LogP) is 2.20. The molecule has 1 aromatic rings. The van der Waals surface area contributed by atoms with Gasteiger partial charge in [-0.15, -0.1) is 0 Å². The van der Waals surface area contributed by atoms with E-state index in [-0.39, 0.29) is 0 Å². The molecule has 2 aliphatic rings. The number of hydrogen-bond donors (Lipinski definition) is 0. The first-order valence-corrected chi connectivity index (χ1v) is 6.31. The van der Waals surface area contributed by atoms with E-state index in [1.165, 1.54) is 55.7 Å². The summed E-state index contributed by atoms with van der Waals surface area (Å²) < 4.78 is 0. The van der Waals surface area contributed by atoms with Crippen molar-refractivity contribution in [2.24, 2.45) is 5.41 Å². The molecule has 1 fully saturated rings. The van der Waals surface area contributed by atoms with Crippen molar-refractivity contribution in [3.8, 4) is 0 Å². The molecule has 2 nitrogen and oxygen atoms in total. The highest BCUT2D eigenvalue weighted by atomic mass is 15.1. The van der Waals surface area contributed by atoms with E-state index in [1.54, 1.807) is 0 Å². The lowest BCUT2D eigenvalue weighted by Gasteiger charge is -2.37. The van der Waals surface area contributed by atoms with Crippen LogP contribution in [0.3, 0.4) is 0 Å². The largest absolute Gasteiger partial charge is 0.306 e. The Balaban J connectivity index is 1.84. The minimum absolute atomic E-state index is 0.551. The molecule has 86 valence electrons. The second-order valence-corrected chi connectivity index (χ2v) is 5.72. The number of rotatable bonds is 0. The van der Waals surface area contributed by atoms with E-state index in [1.807, 2.05) is 0 Å². The van der Waals surface area contributed by atoms with Crippen LogP contribution in [-0.2, 0) is 12.8 Å². The fraction of sp³-hybridized carbons (Fsp3) is 0.643. The van der Waals surface area contributed by atoms with Crippen LogP contribution in [0.1, 0.15) is 29.8 Å². The number of fused-ring (bicyclic) bond motifs is 1. The van der Waals surface area contributed by atoms with E-state index < -0.39 is 0 Å². The minimum atomic E-state index is 0.551. The Kier molecular flexibility index (Phi) is 2.28. The molecule has 1 aromatic heterocycles. The van der Waals surface area contributed by atoms with Crippen molar-refractivity contribution < 1.29 is 0 Å². The molecule has 1 saturated heterocycles. The molecule has 3 rings (SSSR count). The van der Waals surface area contributed by atoms with Gasteiger partial charge in [0.1, 0.15) is 0 Å². The Morgan fingerprint density at radius 3 is 2.69 bits per heavy atom. The molecule has 2 heteroatoms. The second-order valence-electron chi connectivity index (χ2n) is 5.72. The molecule has 0 N–H and O–H groups in total. The van der Waals surface area contributed by atoms with Crippen LogP contribution in [0.5, 0.6) is 0 Å². The summed E-state index contributed by atoms with van der Waals surface area (Å²) in [6, 6.07) is 4.46. The summed E-state index contributed by atoms with van der Waals surface area (Å²) in [5.41, 5.74) is 4.61. The molecule has 1 aliphatic carbocycles. The Morgan fingerprint density at radius 2 is 1.94 bits per heavy atom. The van der Waals surface area contributed by atoms with Gasteiger partial charge >= 0.3 is 0 Å². The number of hydrogen-bond acceptors (Lipinski definition) is 2.